The fourth-order valence-corrected chi connectivity index (χ4v) is 4.65. The lowest BCUT2D eigenvalue weighted by Crippen LogP contribution is -2.46. The van der Waals surface area contributed by atoms with Crippen molar-refractivity contribution in [3.05, 3.63) is 0 Å². The average molecular weight is 369 g/mol. The van der Waals surface area contributed by atoms with Crippen molar-refractivity contribution < 1.29 is 23.5 Å². The zero-order chi connectivity index (χ0) is 19.8. The molecule has 3 atom stereocenters. The predicted molar refractivity (Wildman–Crippen MR) is 101 cm³/mol. The number of hydrogen-bond donors (Lipinski definition) is 0. The third kappa shape index (κ3) is 4.41. The first-order chi connectivity index (χ1) is 11.9. The summed E-state index contributed by atoms with van der Waals surface area (Å²) in [5.74, 6) is 0.644. The molecule has 0 radical (unpaired) electrons. The van der Waals surface area contributed by atoms with E-state index in [9.17, 15) is 9.59 Å². The van der Waals surface area contributed by atoms with Gasteiger partial charge in [-0.3, -0.25) is 4.79 Å². The van der Waals surface area contributed by atoms with Gasteiger partial charge in [0.05, 0.1) is 33.7 Å². The van der Waals surface area contributed by atoms with Gasteiger partial charge in [-0.2, -0.15) is 0 Å². The quantitative estimate of drug-likeness (QED) is 0.487. The first kappa shape index (κ1) is 21.2. The van der Waals surface area contributed by atoms with Crippen LogP contribution in [0.4, 0.5) is 0 Å². The van der Waals surface area contributed by atoms with Gasteiger partial charge in [-0.1, -0.05) is 34.6 Å². The molecule has 2 aliphatic carbocycles. The van der Waals surface area contributed by atoms with E-state index in [2.05, 4.69) is 20.8 Å². The van der Waals surface area contributed by atoms with Crippen LogP contribution < -0.4 is 0 Å². The molecule has 150 valence electrons. The van der Waals surface area contributed by atoms with Crippen molar-refractivity contribution in [1.29, 1.82) is 0 Å². The second-order valence-electron chi connectivity index (χ2n) is 10.2. The van der Waals surface area contributed by atoms with Crippen molar-refractivity contribution >= 4 is 11.9 Å². The van der Waals surface area contributed by atoms with E-state index in [1.54, 1.807) is 0 Å². The molecule has 2 rings (SSSR count). The molecule has 2 saturated carbocycles. The molecule has 2 fully saturated rings. The molecular weight excluding hydrogens is 330 g/mol. The number of likely N-dealkylation sites (N-methyl/N-ethyl adjacent to an activating group) is 1. The van der Waals surface area contributed by atoms with Crippen LogP contribution in [0.15, 0.2) is 0 Å². The number of ether oxygens (including phenoxy) is 2. The third-order valence-electron chi connectivity index (χ3n) is 7.04. The lowest BCUT2D eigenvalue weighted by molar-refractivity contribution is -0.882. The van der Waals surface area contributed by atoms with E-state index in [1.165, 1.54) is 6.42 Å². The fourth-order valence-electron chi connectivity index (χ4n) is 4.65. The monoisotopic (exact) mass is 368 g/mol. The van der Waals surface area contributed by atoms with Gasteiger partial charge >= 0.3 is 11.9 Å². The van der Waals surface area contributed by atoms with E-state index >= 15 is 0 Å². The Bertz CT molecular complexity index is 540. The molecule has 5 nitrogen and oxygen atoms in total. The summed E-state index contributed by atoms with van der Waals surface area (Å²) < 4.78 is 11.6. The number of carbonyl (C=O) groups excluding carboxylic acids is 2. The number of rotatable bonds is 8. The first-order valence-corrected chi connectivity index (χ1v) is 10.0. The number of fused-ring (bicyclic) bond motifs is 2. The molecule has 0 amide bonds. The summed E-state index contributed by atoms with van der Waals surface area (Å²) in [6.45, 7) is 12.2. The van der Waals surface area contributed by atoms with Crippen LogP contribution in [-0.4, -0.2) is 56.3 Å². The largest absolute Gasteiger partial charge is 0.462 e. The maximum Gasteiger partial charge on any atom is 0.361 e. The van der Waals surface area contributed by atoms with E-state index in [4.69, 9.17) is 9.47 Å². The van der Waals surface area contributed by atoms with Crippen molar-refractivity contribution in [2.24, 2.45) is 22.7 Å². The lowest BCUT2D eigenvalue weighted by atomic mass is 9.70. The summed E-state index contributed by atoms with van der Waals surface area (Å²) in [7, 11) is 3.90. The minimum Gasteiger partial charge on any atom is -0.462 e. The van der Waals surface area contributed by atoms with E-state index in [0.29, 0.717) is 35.9 Å². The predicted octanol–water partition coefficient (Wildman–Crippen LogP) is 3.41. The van der Waals surface area contributed by atoms with Crippen molar-refractivity contribution in [1.82, 2.24) is 0 Å². The smallest absolute Gasteiger partial charge is 0.361 e. The van der Waals surface area contributed by atoms with Gasteiger partial charge in [-0.25, -0.2) is 4.79 Å². The van der Waals surface area contributed by atoms with Gasteiger partial charge in [0.25, 0.3) is 0 Å². The highest BCUT2D eigenvalue weighted by molar-refractivity contribution is 5.71. The zero-order valence-electron chi connectivity index (χ0n) is 17.8. The maximum absolute atomic E-state index is 12.4. The molecule has 0 aromatic heterocycles. The Labute approximate surface area is 159 Å². The summed E-state index contributed by atoms with van der Waals surface area (Å²) in [6, 6.07) is 0. The Morgan fingerprint density at radius 1 is 1.15 bits per heavy atom. The minimum absolute atomic E-state index is 0.0374. The summed E-state index contributed by atoms with van der Waals surface area (Å²) in [4.78, 5) is 24.4. The number of esters is 2. The van der Waals surface area contributed by atoms with Crippen LogP contribution in [-0.2, 0) is 19.1 Å². The van der Waals surface area contributed by atoms with Gasteiger partial charge in [0.2, 0.25) is 0 Å². The molecule has 26 heavy (non-hydrogen) atoms. The second kappa shape index (κ2) is 7.49. The molecule has 0 unspecified atom stereocenters. The van der Waals surface area contributed by atoms with Gasteiger partial charge in [0.1, 0.15) is 6.10 Å². The molecule has 5 heteroatoms. The van der Waals surface area contributed by atoms with Crippen molar-refractivity contribution in [2.75, 3.05) is 33.8 Å². The topological polar surface area (TPSA) is 52.6 Å². The van der Waals surface area contributed by atoms with Crippen molar-refractivity contribution in [3.63, 3.8) is 0 Å². The average Bonchev–Trinajstić information content (AvgIpc) is 2.84. The summed E-state index contributed by atoms with van der Waals surface area (Å²) in [6.07, 6.45) is 3.76. The molecule has 2 aliphatic rings. The lowest BCUT2D eigenvalue weighted by Gasteiger charge is -2.38. The van der Waals surface area contributed by atoms with Crippen LogP contribution in [0.3, 0.4) is 0 Å². The Balaban J connectivity index is 1.79. The molecule has 0 heterocycles. The number of quaternary nitrogens is 1. The Kier molecular flexibility index (Phi) is 6.11. The molecule has 0 aromatic rings. The van der Waals surface area contributed by atoms with Crippen molar-refractivity contribution in [3.8, 4) is 0 Å². The highest BCUT2D eigenvalue weighted by atomic mass is 16.5. The number of nitrogens with zero attached hydrogens (tertiary/aromatic N) is 1. The highest BCUT2D eigenvalue weighted by Gasteiger charge is 2.62. The van der Waals surface area contributed by atoms with Crippen LogP contribution >= 0.6 is 0 Å². The van der Waals surface area contributed by atoms with Crippen LogP contribution in [0.2, 0.25) is 0 Å². The molecular formula is C21H38NO4+. The Hall–Kier alpha value is -1.10. The zero-order valence-corrected chi connectivity index (χ0v) is 17.8. The second-order valence-corrected chi connectivity index (χ2v) is 10.2. The van der Waals surface area contributed by atoms with Crippen LogP contribution in [0.1, 0.15) is 60.3 Å². The van der Waals surface area contributed by atoms with Gasteiger partial charge in [-0.15, -0.1) is 0 Å². The molecule has 2 bridgehead atoms. The highest BCUT2D eigenvalue weighted by Crippen LogP contribution is 2.66. The first-order valence-electron chi connectivity index (χ1n) is 10.0. The van der Waals surface area contributed by atoms with Gasteiger partial charge in [0, 0.05) is 5.41 Å². The maximum atomic E-state index is 12.4. The Morgan fingerprint density at radius 2 is 1.81 bits per heavy atom. The molecule has 0 saturated heterocycles. The molecule has 0 aromatic carbocycles. The number of carbonyl (C=O) groups is 2. The summed E-state index contributed by atoms with van der Waals surface area (Å²) in [5.41, 5.74) is 0.339. The van der Waals surface area contributed by atoms with Crippen LogP contribution in [0.5, 0.6) is 0 Å². The van der Waals surface area contributed by atoms with E-state index in [0.717, 1.165) is 12.8 Å². The van der Waals surface area contributed by atoms with E-state index in [-0.39, 0.29) is 35.4 Å². The number of hydrogen-bond acceptors (Lipinski definition) is 4. The normalized spacial score (nSPS) is 29.8. The van der Waals surface area contributed by atoms with Crippen LogP contribution in [0.25, 0.3) is 0 Å². The molecule has 0 aliphatic heterocycles. The van der Waals surface area contributed by atoms with Gasteiger partial charge in [-0.05, 0) is 36.5 Å². The SMILES string of the molecule is CC(C)COC(=O)C[N+](C)(C)CCC(=O)O[C@@H]1C[C@@H]2CC[C@@]1(C)C2(C)C. The van der Waals surface area contributed by atoms with Crippen molar-refractivity contribution in [2.45, 2.75) is 66.4 Å². The third-order valence-corrected chi connectivity index (χ3v) is 7.04. The van der Waals surface area contributed by atoms with Gasteiger partial charge in [0.15, 0.2) is 6.54 Å². The fraction of sp³-hybridized carbons (Fsp3) is 0.905. The van der Waals surface area contributed by atoms with Crippen LogP contribution in [0, 0.1) is 22.7 Å². The van der Waals surface area contributed by atoms with Gasteiger partial charge < -0.3 is 14.0 Å². The standard InChI is InChI=1S/C21H38NO4/c1-15(2)14-25-19(24)13-22(6,7)11-9-18(23)26-17-12-16-8-10-21(17,5)20(16,3)4/h15-17H,8-14H2,1-7H3/q+1/t16-,17+,21+/m0/s1. The van der Waals surface area contributed by atoms with E-state index in [1.807, 2.05) is 27.9 Å². The summed E-state index contributed by atoms with van der Waals surface area (Å²) >= 11 is 0. The Morgan fingerprint density at radius 3 is 2.31 bits per heavy atom. The van der Waals surface area contributed by atoms with E-state index < -0.39 is 0 Å². The summed E-state index contributed by atoms with van der Waals surface area (Å²) in [5, 5.41) is 0. The molecule has 0 spiro atoms. The molecule has 0 N–H and O–H groups in total. The minimum atomic E-state index is -0.209.